The molecular formula is C13H18FN3O. The Morgan fingerprint density at radius 1 is 1.61 bits per heavy atom. The zero-order chi connectivity index (χ0) is 13.1. The summed E-state index contributed by atoms with van der Waals surface area (Å²) in [5.74, 6) is -0.987. The van der Waals surface area contributed by atoms with Crippen molar-refractivity contribution in [2.24, 2.45) is 0 Å². The van der Waals surface area contributed by atoms with Gasteiger partial charge in [-0.25, -0.2) is 4.98 Å². The molecule has 0 spiro atoms. The van der Waals surface area contributed by atoms with E-state index in [1.165, 1.54) is 12.3 Å². The maximum absolute atomic E-state index is 13.5. The molecule has 0 N–H and O–H groups in total. The van der Waals surface area contributed by atoms with Crippen molar-refractivity contribution in [3.63, 3.8) is 0 Å². The van der Waals surface area contributed by atoms with E-state index in [9.17, 15) is 9.18 Å². The molecule has 5 heteroatoms. The summed E-state index contributed by atoms with van der Waals surface area (Å²) in [6, 6.07) is 3.21. The Hall–Kier alpha value is -1.49. The van der Waals surface area contributed by atoms with Gasteiger partial charge >= 0.3 is 0 Å². The first-order valence-electron chi connectivity index (χ1n) is 6.16. The Morgan fingerprint density at radius 3 is 3.06 bits per heavy atom. The average molecular weight is 251 g/mol. The minimum atomic E-state index is -0.696. The van der Waals surface area contributed by atoms with Gasteiger partial charge in [-0.2, -0.15) is 4.39 Å². The van der Waals surface area contributed by atoms with Crippen molar-refractivity contribution >= 4 is 5.91 Å². The van der Waals surface area contributed by atoms with Crippen LogP contribution < -0.4 is 0 Å². The fourth-order valence-corrected chi connectivity index (χ4v) is 2.36. The monoisotopic (exact) mass is 251 g/mol. The van der Waals surface area contributed by atoms with Crippen molar-refractivity contribution in [3.8, 4) is 0 Å². The zero-order valence-electron chi connectivity index (χ0n) is 10.8. The number of nitrogens with zero attached hydrogens (tertiary/aromatic N) is 3. The minimum absolute atomic E-state index is 0.0493. The Balaban J connectivity index is 2.11. The van der Waals surface area contributed by atoms with Gasteiger partial charge in [0.25, 0.3) is 5.91 Å². The number of carbonyl (C=O) groups is 1. The number of rotatable bonds is 2. The fraction of sp³-hybridized carbons (Fsp3) is 0.538. The van der Waals surface area contributed by atoms with E-state index in [1.54, 1.807) is 18.0 Å². The van der Waals surface area contributed by atoms with Crippen molar-refractivity contribution in [1.29, 1.82) is 0 Å². The third kappa shape index (κ3) is 2.67. The average Bonchev–Trinajstić information content (AvgIpc) is 2.37. The molecule has 1 unspecified atom stereocenters. The molecule has 0 aromatic carbocycles. The molecule has 0 radical (unpaired) electrons. The Labute approximate surface area is 106 Å². The lowest BCUT2D eigenvalue weighted by atomic mass is 10.0. The minimum Gasteiger partial charge on any atom is -0.337 e. The van der Waals surface area contributed by atoms with Gasteiger partial charge in [-0.15, -0.1) is 0 Å². The van der Waals surface area contributed by atoms with Gasteiger partial charge in [-0.3, -0.25) is 4.79 Å². The molecular weight excluding hydrogens is 233 g/mol. The maximum Gasteiger partial charge on any atom is 0.258 e. The van der Waals surface area contributed by atoms with Gasteiger partial charge < -0.3 is 9.80 Å². The molecule has 98 valence electrons. The molecule has 1 saturated heterocycles. The second-order valence-electron chi connectivity index (χ2n) is 4.82. The summed E-state index contributed by atoms with van der Waals surface area (Å²) in [6.45, 7) is 1.89. The molecule has 18 heavy (non-hydrogen) atoms. The summed E-state index contributed by atoms with van der Waals surface area (Å²) < 4.78 is 13.5. The number of carbonyl (C=O) groups excluding carboxylic acids is 1. The van der Waals surface area contributed by atoms with E-state index in [1.807, 2.05) is 7.05 Å². The van der Waals surface area contributed by atoms with Gasteiger partial charge in [0.15, 0.2) is 0 Å². The van der Waals surface area contributed by atoms with Crippen LogP contribution in [0.15, 0.2) is 18.3 Å². The van der Waals surface area contributed by atoms with Crippen LogP contribution in [0.5, 0.6) is 0 Å². The molecule has 1 aliphatic rings. The summed E-state index contributed by atoms with van der Waals surface area (Å²) in [7, 11) is 3.77. The van der Waals surface area contributed by atoms with Crippen molar-refractivity contribution in [3.05, 3.63) is 29.8 Å². The SMILES string of the molecule is CN1CCCC(N(C)C(=O)c2cccnc2F)C1. The van der Waals surface area contributed by atoms with Crippen molar-refractivity contribution < 1.29 is 9.18 Å². The van der Waals surface area contributed by atoms with E-state index in [0.717, 1.165) is 25.9 Å². The molecule has 0 bridgehead atoms. The summed E-state index contributed by atoms with van der Waals surface area (Å²) in [4.78, 5) is 19.5. The standard InChI is InChI=1S/C13H18FN3O/c1-16-8-4-5-10(9-16)17(2)13(18)11-6-3-7-15-12(11)14/h3,6-7,10H,4-5,8-9H2,1-2H3. The maximum atomic E-state index is 13.5. The number of hydrogen-bond donors (Lipinski definition) is 0. The van der Waals surface area contributed by atoms with Crippen LogP contribution in [-0.4, -0.2) is 53.9 Å². The van der Waals surface area contributed by atoms with E-state index in [0.29, 0.717) is 0 Å². The Kier molecular flexibility index (Phi) is 3.91. The number of amides is 1. The van der Waals surface area contributed by atoms with Gasteiger partial charge in [0.05, 0.1) is 5.56 Å². The summed E-state index contributed by atoms with van der Waals surface area (Å²) in [6.07, 6.45) is 3.38. The van der Waals surface area contributed by atoms with Crippen LogP contribution in [0.3, 0.4) is 0 Å². The van der Waals surface area contributed by atoms with Gasteiger partial charge in [0.2, 0.25) is 5.95 Å². The second-order valence-corrected chi connectivity index (χ2v) is 4.82. The lowest BCUT2D eigenvalue weighted by Crippen LogP contribution is -2.47. The number of likely N-dealkylation sites (N-methyl/N-ethyl adjacent to an activating group) is 2. The van der Waals surface area contributed by atoms with Gasteiger partial charge in [-0.1, -0.05) is 0 Å². The highest BCUT2D eigenvalue weighted by Crippen LogP contribution is 2.16. The molecule has 1 aromatic rings. The summed E-state index contributed by atoms with van der Waals surface area (Å²) in [5.41, 5.74) is 0.0493. The second kappa shape index (κ2) is 5.44. The lowest BCUT2D eigenvalue weighted by Gasteiger charge is -2.35. The highest BCUT2D eigenvalue weighted by Gasteiger charge is 2.26. The van der Waals surface area contributed by atoms with E-state index in [-0.39, 0.29) is 17.5 Å². The van der Waals surface area contributed by atoms with Crippen LogP contribution in [0, 0.1) is 5.95 Å². The Bertz CT molecular complexity index is 438. The van der Waals surface area contributed by atoms with Gasteiger partial charge in [0, 0.05) is 25.8 Å². The first-order chi connectivity index (χ1) is 8.59. The van der Waals surface area contributed by atoms with E-state index in [2.05, 4.69) is 9.88 Å². The van der Waals surface area contributed by atoms with E-state index >= 15 is 0 Å². The molecule has 4 nitrogen and oxygen atoms in total. The third-order valence-corrected chi connectivity index (χ3v) is 3.46. The van der Waals surface area contributed by atoms with Crippen LogP contribution in [0.25, 0.3) is 0 Å². The zero-order valence-corrected chi connectivity index (χ0v) is 10.8. The molecule has 2 rings (SSSR count). The highest BCUT2D eigenvalue weighted by molar-refractivity contribution is 5.94. The molecule has 1 fully saturated rings. The number of hydrogen-bond acceptors (Lipinski definition) is 3. The van der Waals surface area contributed by atoms with Crippen LogP contribution >= 0.6 is 0 Å². The quantitative estimate of drug-likeness (QED) is 0.745. The van der Waals surface area contributed by atoms with Crippen molar-refractivity contribution in [2.45, 2.75) is 18.9 Å². The van der Waals surface area contributed by atoms with Crippen LogP contribution in [0.4, 0.5) is 4.39 Å². The van der Waals surface area contributed by atoms with Crippen LogP contribution in [0.2, 0.25) is 0 Å². The highest BCUT2D eigenvalue weighted by atomic mass is 19.1. The first-order valence-corrected chi connectivity index (χ1v) is 6.16. The predicted octanol–water partition coefficient (Wildman–Crippen LogP) is 1.39. The molecule has 0 aliphatic carbocycles. The predicted molar refractivity (Wildman–Crippen MR) is 66.8 cm³/mol. The molecule has 2 heterocycles. The Morgan fingerprint density at radius 2 is 2.39 bits per heavy atom. The summed E-state index contributed by atoms with van der Waals surface area (Å²) in [5, 5.41) is 0. The molecule has 1 aliphatic heterocycles. The van der Waals surface area contributed by atoms with E-state index < -0.39 is 5.95 Å². The lowest BCUT2D eigenvalue weighted by molar-refractivity contribution is 0.0638. The van der Waals surface area contributed by atoms with Gasteiger partial charge in [-0.05, 0) is 38.6 Å². The molecule has 0 saturated carbocycles. The fourth-order valence-electron chi connectivity index (χ4n) is 2.36. The number of likely N-dealkylation sites (tertiary alicyclic amines) is 1. The first kappa shape index (κ1) is 13.0. The van der Waals surface area contributed by atoms with Gasteiger partial charge in [0.1, 0.15) is 0 Å². The molecule has 1 atom stereocenters. The normalized spacial score (nSPS) is 20.7. The smallest absolute Gasteiger partial charge is 0.258 e. The van der Waals surface area contributed by atoms with Crippen molar-refractivity contribution in [2.75, 3.05) is 27.2 Å². The van der Waals surface area contributed by atoms with Crippen LogP contribution in [0.1, 0.15) is 23.2 Å². The number of pyridine rings is 1. The largest absolute Gasteiger partial charge is 0.337 e. The topological polar surface area (TPSA) is 36.4 Å². The molecule has 1 amide bonds. The third-order valence-electron chi connectivity index (χ3n) is 3.46. The van der Waals surface area contributed by atoms with Crippen LogP contribution in [-0.2, 0) is 0 Å². The summed E-state index contributed by atoms with van der Waals surface area (Å²) >= 11 is 0. The number of piperidine rings is 1. The number of halogens is 1. The van der Waals surface area contributed by atoms with E-state index in [4.69, 9.17) is 0 Å². The molecule has 1 aromatic heterocycles. The number of aromatic nitrogens is 1. The van der Waals surface area contributed by atoms with Crippen molar-refractivity contribution in [1.82, 2.24) is 14.8 Å².